The van der Waals surface area contributed by atoms with Crippen molar-refractivity contribution in [2.45, 2.75) is 70.3 Å². The number of nitrogens with zero attached hydrogens (tertiary/aromatic N) is 1. The molecule has 0 amide bonds. The lowest BCUT2D eigenvalue weighted by atomic mass is 9.50. The minimum atomic E-state index is -0.0119. The van der Waals surface area contributed by atoms with Crippen LogP contribution in [0.2, 0.25) is 0 Å². The van der Waals surface area contributed by atoms with E-state index >= 15 is 0 Å². The van der Waals surface area contributed by atoms with Crippen LogP contribution in [-0.2, 0) is 4.74 Å². The van der Waals surface area contributed by atoms with Crippen LogP contribution in [0.25, 0.3) is 0 Å². The maximum Gasteiger partial charge on any atom is 0.0945 e. The molecule has 0 aromatic carbocycles. The van der Waals surface area contributed by atoms with Crippen molar-refractivity contribution in [3.8, 4) is 0 Å². The summed E-state index contributed by atoms with van der Waals surface area (Å²) >= 11 is 0. The lowest BCUT2D eigenvalue weighted by molar-refractivity contribution is -0.111. The zero-order valence-electron chi connectivity index (χ0n) is 15.5. The SMILES string of the molecule is C=C1CCO[C@@]12CC[C@H]1[C@@H]3CCC4=CC(=NO)CC[C@@H]4[C@H]3CC[C@@]12C. The van der Waals surface area contributed by atoms with Crippen molar-refractivity contribution in [1.82, 2.24) is 0 Å². The molecule has 1 saturated heterocycles. The fourth-order valence-corrected chi connectivity index (χ4v) is 7.74. The number of fused-ring (bicyclic) bond motifs is 6. The summed E-state index contributed by atoms with van der Waals surface area (Å²) in [6, 6.07) is 0. The Labute approximate surface area is 151 Å². The van der Waals surface area contributed by atoms with Gasteiger partial charge < -0.3 is 9.94 Å². The average Bonchev–Trinajstić information content (AvgIpc) is 3.16. The third-order valence-corrected chi connectivity index (χ3v) is 8.89. The van der Waals surface area contributed by atoms with Gasteiger partial charge in [0.15, 0.2) is 0 Å². The second-order valence-corrected chi connectivity index (χ2v) is 9.45. The maximum absolute atomic E-state index is 9.13. The summed E-state index contributed by atoms with van der Waals surface area (Å²) in [5.74, 6) is 3.22. The number of rotatable bonds is 0. The number of hydrogen-bond donors (Lipinski definition) is 1. The minimum Gasteiger partial charge on any atom is -0.411 e. The van der Waals surface area contributed by atoms with E-state index in [4.69, 9.17) is 9.94 Å². The molecule has 3 heteroatoms. The molecule has 6 atom stereocenters. The summed E-state index contributed by atoms with van der Waals surface area (Å²) in [6.45, 7) is 7.85. The Morgan fingerprint density at radius 3 is 2.76 bits per heavy atom. The Kier molecular flexibility index (Phi) is 3.51. The van der Waals surface area contributed by atoms with Gasteiger partial charge in [0.1, 0.15) is 0 Å². The molecule has 4 aliphatic carbocycles. The van der Waals surface area contributed by atoms with Crippen LogP contribution in [0.3, 0.4) is 0 Å². The van der Waals surface area contributed by atoms with E-state index < -0.39 is 0 Å². The molecule has 3 saturated carbocycles. The zero-order valence-corrected chi connectivity index (χ0v) is 15.5. The summed E-state index contributed by atoms with van der Waals surface area (Å²) in [4.78, 5) is 0. The fraction of sp³-hybridized carbons (Fsp3) is 0.773. The van der Waals surface area contributed by atoms with E-state index in [-0.39, 0.29) is 5.60 Å². The van der Waals surface area contributed by atoms with Crippen molar-refractivity contribution in [2.75, 3.05) is 6.61 Å². The second kappa shape index (κ2) is 5.45. The van der Waals surface area contributed by atoms with Gasteiger partial charge in [-0.15, -0.1) is 0 Å². The molecule has 1 aliphatic heterocycles. The number of ether oxygens (including phenoxy) is 1. The van der Waals surface area contributed by atoms with Crippen LogP contribution < -0.4 is 0 Å². The molecule has 0 bridgehead atoms. The molecule has 5 rings (SSSR count). The van der Waals surface area contributed by atoms with E-state index in [2.05, 4.69) is 24.7 Å². The van der Waals surface area contributed by atoms with Crippen molar-refractivity contribution < 1.29 is 9.94 Å². The van der Waals surface area contributed by atoms with Gasteiger partial charge in [0.25, 0.3) is 0 Å². The molecule has 1 N–H and O–H groups in total. The highest BCUT2D eigenvalue weighted by Gasteiger charge is 2.65. The molecule has 5 aliphatic rings. The van der Waals surface area contributed by atoms with Gasteiger partial charge in [0, 0.05) is 5.41 Å². The van der Waals surface area contributed by atoms with Gasteiger partial charge in [-0.05, 0) is 93.1 Å². The average molecular weight is 341 g/mol. The van der Waals surface area contributed by atoms with Crippen molar-refractivity contribution in [3.63, 3.8) is 0 Å². The quantitative estimate of drug-likeness (QED) is 0.378. The minimum absolute atomic E-state index is 0.0119. The standard InChI is InChI=1S/C22H31NO2/c1-14-9-12-25-22(14)11-8-20-19-5-3-15-13-16(23-24)4-6-17(15)18(19)7-10-21(20,22)2/h13,17-20,24H,1,3-12H2,2H3/t17-,18+,19+,20-,21-,22-/m0/s1. The Hall–Kier alpha value is -1.09. The van der Waals surface area contributed by atoms with Gasteiger partial charge in [-0.3, -0.25) is 0 Å². The molecule has 0 aromatic rings. The van der Waals surface area contributed by atoms with E-state index in [1.165, 1.54) is 50.5 Å². The van der Waals surface area contributed by atoms with Crippen molar-refractivity contribution in [2.24, 2.45) is 34.2 Å². The molecule has 0 unspecified atom stereocenters. The van der Waals surface area contributed by atoms with Gasteiger partial charge in [-0.25, -0.2) is 0 Å². The first-order valence-corrected chi connectivity index (χ1v) is 10.3. The highest BCUT2D eigenvalue weighted by molar-refractivity contribution is 5.96. The molecule has 0 radical (unpaired) electrons. The summed E-state index contributed by atoms with van der Waals surface area (Å²) in [7, 11) is 0. The van der Waals surface area contributed by atoms with Gasteiger partial charge >= 0.3 is 0 Å². The summed E-state index contributed by atoms with van der Waals surface area (Å²) in [5.41, 5.74) is 4.13. The molecule has 0 aromatic heterocycles. The third kappa shape index (κ3) is 1.99. The van der Waals surface area contributed by atoms with Crippen molar-refractivity contribution in [1.29, 1.82) is 0 Å². The zero-order chi connectivity index (χ0) is 17.2. The van der Waals surface area contributed by atoms with Crippen LogP contribution in [0.5, 0.6) is 0 Å². The van der Waals surface area contributed by atoms with Gasteiger partial charge in [0.2, 0.25) is 0 Å². The van der Waals surface area contributed by atoms with Crippen LogP contribution in [0.1, 0.15) is 64.7 Å². The Bertz CT molecular complexity index is 665. The number of hydrogen-bond acceptors (Lipinski definition) is 3. The number of allylic oxidation sites excluding steroid dienone is 2. The first-order valence-electron chi connectivity index (χ1n) is 10.3. The molecule has 3 nitrogen and oxygen atoms in total. The Balaban J connectivity index is 1.46. The van der Waals surface area contributed by atoms with Crippen molar-refractivity contribution in [3.05, 3.63) is 23.8 Å². The van der Waals surface area contributed by atoms with E-state index in [1.807, 2.05) is 0 Å². The van der Waals surface area contributed by atoms with Crippen molar-refractivity contribution >= 4 is 5.71 Å². The van der Waals surface area contributed by atoms with Crippen LogP contribution in [0, 0.1) is 29.1 Å². The van der Waals surface area contributed by atoms with Crippen LogP contribution in [0.4, 0.5) is 0 Å². The highest BCUT2D eigenvalue weighted by atomic mass is 16.5. The van der Waals surface area contributed by atoms with Crippen LogP contribution in [-0.4, -0.2) is 23.1 Å². The van der Waals surface area contributed by atoms with E-state index in [9.17, 15) is 0 Å². The molecule has 25 heavy (non-hydrogen) atoms. The monoisotopic (exact) mass is 341 g/mol. The summed E-state index contributed by atoms with van der Waals surface area (Å²) in [5, 5.41) is 12.6. The fourth-order valence-electron chi connectivity index (χ4n) is 7.74. The maximum atomic E-state index is 9.13. The number of oxime groups is 1. The lowest BCUT2D eigenvalue weighted by Crippen LogP contribution is -2.53. The van der Waals surface area contributed by atoms with Crippen LogP contribution >= 0.6 is 0 Å². The van der Waals surface area contributed by atoms with E-state index in [1.54, 1.807) is 5.57 Å². The molecule has 1 spiro atoms. The smallest absolute Gasteiger partial charge is 0.0945 e. The van der Waals surface area contributed by atoms with E-state index in [0.29, 0.717) is 5.41 Å². The third-order valence-electron chi connectivity index (χ3n) is 8.89. The van der Waals surface area contributed by atoms with Gasteiger partial charge in [-0.1, -0.05) is 24.2 Å². The Morgan fingerprint density at radius 2 is 2.00 bits per heavy atom. The normalized spacial score (nSPS) is 50.5. The largest absolute Gasteiger partial charge is 0.411 e. The topological polar surface area (TPSA) is 41.8 Å². The second-order valence-electron chi connectivity index (χ2n) is 9.45. The predicted octanol–water partition coefficient (Wildman–Crippen LogP) is 5.10. The first-order chi connectivity index (χ1) is 12.1. The van der Waals surface area contributed by atoms with Gasteiger partial charge in [-0.2, -0.15) is 0 Å². The molecule has 1 heterocycles. The lowest BCUT2D eigenvalue weighted by Gasteiger charge is -2.56. The summed E-state index contributed by atoms with van der Waals surface area (Å²) in [6.07, 6.45) is 13.1. The van der Waals surface area contributed by atoms with Gasteiger partial charge in [0.05, 0.1) is 17.9 Å². The van der Waals surface area contributed by atoms with E-state index in [0.717, 1.165) is 48.8 Å². The van der Waals surface area contributed by atoms with Crippen LogP contribution in [0.15, 0.2) is 29.0 Å². The molecular weight excluding hydrogens is 310 g/mol. The highest BCUT2D eigenvalue weighted by Crippen LogP contribution is 2.68. The first kappa shape index (κ1) is 16.1. The molecular formula is C22H31NO2. The predicted molar refractivity (Wildman–Crippen MR) is 98.7 cm³/mol. The Morgan fingerprint density at radius 1 is 1.12 bits per heavy atom. The summed E-state index contributed by atoms with van der Waals surface area (Å²) < 4.78 is 6.45. The molecule has 136 valence electrons. The molecule has 4 fully saturated rings.